The molecule has 0 aliphatic carbocycles. The highest BCUT2D eigenvalue weighted by molar-refractivity contribution is 5.92. The van der Waals surface area contributed by atoms with Gasteiger partial charge in [0.1, 0.15) is 12.4 Å². The molecule has 0 aromatic carbocycles. The maximum absolute atomic E-state index is 12.4. The van der Waals surface area contributed by atoms with E-state index in [2.05, 4.69) is 20.2 Å². The van der Waals surface area contributed by atoms with E-state index in [-0.39, 0.29) is 5.82 Å². The van der Waals surface area contributed by atoms with Gasteiger partial charge in [-0.2, -0.15) is 22.8 Å². The second-order valence-electron chi connectivity index (χ2n) is 3.95. The van der Waals surface area contributed by atoms with Crippen LogP contribution in [-0.2, 0) is 11.0 Å². The molecular formula is C9H8F3N7O3. The van der Waals surface area contributed by atoms with Crippen LogP contribution in [-0.4, -0.2) is 53.5 Å². The number of aromatic amines is 1. The zero-order valence-electron chi connectivity index (χ0n) is 10.8. The lowest BCUT2D eigenvalue weighted by molar-refractivity contribution is -0.144. The molecule has 22 heavy (non-hydrogen) atoms. The summed E-state index contributed by atoms with van der Waals surface area (Å²) in [6.07, 6.45) is -4.71. The molecule has 2 aromatic heterocycles. The van der Waals surface area contributed by atoms with Crippen LogP contribution in [0.25, 0.3) is 5.95 Å². The highest BCUT2D eigenvalue weighted by Gasteiger charge is 2.35. The second-order valence-corrected chi connectivity index (χ2v) is 3.95. The molecule has 1 amide bonds. The predicted octanol–water partition coefficient (Wildman–Crippen LogP) is -0.473. The van der Waals surface area contributed by atoms with Crippen LogP contribution in [0.1, 0.15) is 22.3 Å². The van der Waals surface area contributed by atoms with Gasteiger partial charge in [-0.25, -0.2) is 4.98 Å². The van der Waals surface area contributed by atoms with Gasteiger partial charge in [-0.3, -0.25) is 14.7 Å². The molecule has 0 aliphatic heterocycles. The average molecular weight is 319 g/mol. The Labute approximate surface area is 119 Å². The molecule has 13 heteroatoms. The fourth-order valence-electron chi connectivity index (χ4n) is 1.39. The van der Waals surface area contributed by atoms with Gasteiger partial charge in [0.25, 0.3) is 11.9 Å². The van der Waals surface area contributed by atoms with Crippen molar-refractivity contribution in [3.8, 4) is 5.95 Å². The van der Waals surface area contributed by atoms with Gasteiger partial charge in [-0.15, -0.1) is 10.2 Å². The molecule has 10 nitrogen and oxygen atoms in total. The number of hydrogen-bond acceptors (Lipinski definition) is 6. The summed E-state index contributed by atoms with van der Waals surface area (Å²) in [5.74, 6) is -4.31. The molecule has 0 saturated carbocycles. The maximum atomic E-state index is 12.4. The van der Waals surface area contributed by atoms with Crippen LogP contribution in [0.2, 0.25) is 0 Å². The molecule has 2 heterocycles. The number of aliphatic carboxylic acids is 1. The number of nitrogens with one attached hydrogen (secondary N) is 2. The molecule has 0 radical (unpaired) electrons. The van der Waals surface area contributed by atoms with E-state index >= 15 is 0 Å². The van der Waals surface area contributed by atoms with Gasteiger partial charge < -0.3 is 10.4 Å². The number of H-pyrrole nitrogens is 1. The fraction of sp³-hybridized carbons (Fsp3) is 0.333. The first-order chi connectivity index (χ1) is 10.2. The fourth-order valence-corrected chi connectivity index (χ4v) is 1.39. The van der Waals surface area contributed by atoms with Crippen LogP contribution in [0, 0.1) is 6.92 Å². The van der Waals surface area contributed by atoms with Gasteiger partial charge >= 0.3 is 12.1 Å². The van der Waals surface area contributed by atoms with Crippen molar-refractivity contribution in [3.63, 3.8) is 0 Å². The number of aromatic nitrogens is 6. The van der Waals surface area contributed by atoms with Gasteiger partial charge in [0.2, 0.25) is 11.6 Å². The van der Waals surface area contributed by atoms with Crippen LogP contribution in [0.5, 0.6) is 0 Å². The summed E-state index contributed by atoms with van der Waals surface area (Å²) in [7, 11) is 0. The summed E-state index contributed by atoms with van der Waals surface area (Å²) in [6.45, 7) is 0.718. The molecule has 0 aliphatic rings. The number of carbonyl (C=O) groups excluding carboxylic acids is 1. The number of carboxylic acid groups (broad SMARTS) is 1. The van der Waals surface area contributed by atoms with E-state index < -0.39 is 42.2 Å². The Balaban J connectivity index is 2.25. The molecule has 0 spiro atoms. The molecule has 0 fully saturated rings. The van der Waals surface area contributed by atoms with Crippen LogP contribution in [0.4, 0.5) is 13.2 Å². The topological polar surface area (TPSA) is 139 Å². The first-order valence-corrected chi connectivity index (χ1v) is 5.62. The van der Waals surface area contributed by atoms with Crippen molar-refractivity contribution in [3.05, 3.63) is 17.5 Å². The van der Waals surface area contributed by atoms with Gasteiger partial charge in [0.05, 0.1) is 0 Å². The van der Waals surface area contributed by atoms with E-state index in [4.69, 9.17) is 5.11 Å². The molecule has 3 N–H and O–H groups in total. The molecule has 0 unspecified atom stereocenters. The minimum absolute atomic E-state index is 0.0493. The lowest BCUT2D eigenvalue weighted by Crippen LogP contribution is -2.30. The van der Waals surface area contributed by atoms with Gasteiger partial charge in [0.15, 0.2) is 0 Å². The Kier molecular flexibility index (Phi) is 3.79. The predicted molar refractivity (Wildman–Crippen MR) is 61.0 cm³/mol. The largest absolute Gasteiger partial charge is 0.480 e. The number of hydrogen-bond donors (Lipinski definition) is 3. The lowest BCUT2D eigenvalue weighted by atomic mass is 10.5. The molecule has 0 saturated heterocycles. The van der Waals surface area contributed by atoms with E-state index in [1.165, 1.54) is 6.92 Å². The van der Waals surface area contributed by atoms with Crippen molar-refractivity contribution in [2.45, 2.75) is 13.1 Å². The molecular weight excluding hydrogens is 311 g/mol. The van der Waals surface area contributed by atoms with E-state index in [1.807, 2.05) is 5.32 Å². The highest BCUT2D eigenvalue weighted by atomic mass is 19.4. The number of carboxylic acids is 1. The number of halogens is 3. The first kappa shape index (κ1) is 15.4. The summed E-state index contributed by atoms with van der Waals surface area (Å²) < 4.78 is 38.1. The first-order valence-electron chi connectivity index (χ1n) is 5.62. The normalized spacial score (nSPS) is 11.5. The van der Waals surface area contributed by atoms with Gasteiger partial charge in [-0.05, 0) is 6.92 Å². The number of rotatable bonds is 4. The Morgan fingerprint density at radius 3 is 2.59 bits per heavy atom. The standard InChI is InChI=1S/C9H8F3N7O3/c1-3-14-5(6(22)13-2-4(20)21)18-19(3)8-15-7(16-17-8)9(10,11)12/h2H2,1H3,(H,13,22)(H,20,21)(H,15,16,17). The zero-order chi connectivity index (χ0) is 16.5. The lowest BCUT2D eigenvalue weighted by Gasteiger charge is -1.98. The third-order valence-electron chi connectivity index (χ3n) is 2.30. The molecule has 2 aromatic rings. The third-order valence-corrected chi connectivity index (χ3v) is 2.30. The zero-order valence-corrected chi connectivity index (χ0v) is 10.8. The number of nitrogens with zero attached hydrogens (tertiary/aromatic N) is 5. The van der Waals surface area contributed by atoms with Crippen LogP contribution >= 0.6 is 0 Å². The average Bonchev–Trinajstić information content (AvgIpc) is 3.01. The quantitative estimate of drug-likeness (QED) is 0.692. The van der Waals surface area contributed by atoms with Crippen molar-refractivity contribution in [2.75, 3.05) is 6.54 Å². The van der Waals surface area contributed by atoms with Crippen molar-refractivity contribution in [2.24, 2.45) is 0 Å². The van der Waals surface area contributed by atoms with E-state index in [0.29, 0.717) is 0 Å². The number of carbonyl (C=O) groups is 2. The molecule has 118 valence electrons. The summed E-state index contributed by atoms with van der Waals surface area (Å²) in [6, 6.07) is 0. The Bertz CT molecular complexity index is 720. The summed E-state index contributed by atoms with van der Waals surface area (Å²) in [5.41, 5.74) is 0. The highest BCUT2D eigenvalue weighted by Crippen LogP contribution is 2.26. The van der Waals surface area contributed by atoms with Crippen molar-refractivity contribution < 1.29 is 27.9 Å². The number of alkyl halides is 3. The third kappa shape index (κ3) is 3.18. The smallest absolute Gasteiger partial charge is 0.451 e. The Morgan fingerprint density at radius 1 is 1.36 bits per heavy atom. The van der Waals surface area contributed by atoms with E-state index in [1.54, 1.807) is 5.10 Å². The van der Waals surface area contributed by atoms with Crippen LogP contribution < -0.4 is 5.32 Å². The number of aryl methyl sites for hydroxylation is 1. The second kappa shape index (κ2) is 5.42. The van der Waals surface area contributed by atoms with Crippen molar-refractivity contribution in [1.82, 2.24) is 35.3 Å². The molecule has 0 atom stereocenters. The molecule has 0 bridgehead atoms. The minimum atomic E-state index is -4.71. The van der Waals surface area contributed by atoms with E-state index in [0.717, 1.165) is 4.68 Å². The van der Waals surface area contributed by atoms with Crippen molar-refractivity contribution >= 4 is 11.9 Å². The Morgan fingerprint density at radius 2 is 2.05 bits per heavy atom. The van der Waals surface area contributed by atoms with Crippen molar-refractivity contribution in [1.29, 1.82) is 0 Å². The monoisotopic (exact) mass is 319 g/mol. The van der Waals surface area contributed by atoms with E-state index in [9.17, 15) is 22.8 Å². The van der Waals surface area contributed by atoms with Crippen LogP contribution in [0.3, 0.4) is 0 Å². The van der Waals surface area contributed by atoms with Crippen LogP contribution in [0.15, 0.2) is 0 Å². The maximum Gasteiger partial charge on any atom is 0.451 e. The van der Waals surface area contributed by atoms with Gasteiger partial charge in [0, 0.05) is 0 Å². The Hall–Kier alpha value is -2.99. The SMILES string of the molecule is Cc1nc(C(=O)NCC(=O)O)nn1-c1n[nH]c(C(F)(F)F)n1. The van der Waals surface area contributed by atoms with Gasteiger partial charge in [-0.1, -0.05) is 0 Å². The number of amides is 1. The summed E-state index contributed by atoms with van der Waals surface area (Å²) in [5, 5.41) is 19.1. The summed E-state index contributed by atoms with van der Waals surface area (Å²) in [4.78, 5) is 28.8. The molecule has 2 rings (SSSR count). The summed E-state index contributed by atoms with van der Waals surface area (Å²) >= 11 is 0. The minimum Gasteiger partial charge on any atom is -0.480 e.